The van der Waals surface area contributed by atoms with Crippen LogP contribution in [-0.4, -0.2) is 34.3 Å². The van der Waals surface area contributed by atoms with E-state index in [4.69, 9.17) is 10.5 Å². The summed E-state index contributed by atoms with van der Waals surface area (Å²) in [7, 11) is 0. The number of rotatable bonds is 7. The number of anilines is 1. The molecular formula is C13H22N4O3. The number of nitrogens with zero attached hydrogens (tertiary/aromatic N) is 2. The molecule has 0 bridgehead atoms. The van der Waals surface area contributed by atoms with Crippen LogP contribution < -0.4 is 11.1 Å². The van der Waals surface area contributed by atoms with Crippen LogP contribution >= 0.6 is 0 Å². The molecule has 0 saturated heterocycles. The Morgan fingerprint density at radius 1 is 1.40 bits per heavy atom. The Kier molecular flexibility index (Phi) is 6.02. The summed E-state index contributed by atoms with van der Waals surface area (Å²) in [5.74, 6) is -0.735. The van der Waals surface area contributed by atoms with E-state index in [0.717, 1.165) is 12.8 Å². The monoisotopic (exact) mass is 282 g/mol. The minimum Gasteiger partial charge on any atom is -0.461 e. The van der Waals surface area contributed by atoms with Crippen LogP contribution in [0, 0.1) is 0 Å². The van der Waals surface area contributed by atoms with Gasteiger partial charge in [0.2, 0.25) is 5.91 Å². The average Bonchev–Trinajstić information content (AvgIpc) is 2.77. The molecule has 0 spiro atoms. The quantitative estimate of drug-likeness (QED) is 0.725. The van der Waals surface area contributed by atoms with Gasteiger partial charge in [0.15, 0.2) is 5.69 Å². The van der Waals surface area contributed by atoms with Crippen molar-refractivity contribution in [3.8, 4) is 0 Å². The normalized spacial score (nSPS) is 10.6. The molecule has 7 nitrogen and oxygen atoms in total. The van der Waals surface area contributed by atoms with E-state index in [0.29, 0.717) is 0 Å². The average molecular weight is 282 g/mol. The second-order valence-corrected chi connectivity index (χ2v) is 4.43. The van der Waals surface area contributed by atoms with Crippen molar-refractivity contribution in [3.05, 3.63) is 11.9 Å². The molecule has 0 fully saturated rings. The lowest BCUT2D eigenvalue weighted by molar-refractivity contribution is -0.122. The van der Waals surface area contributed by atoms with Gasteiger partial charge >= 0.3 is 5.97 Å². The lowest BCUT2D eigenvalue weighted by Crippen LogP contribution is -2.36. The lowest BCUT2D eigenvalue weighted by Gasteiger charge is -2.14. The number of ether oxygens (including phenoxy) is 1. The number of nitrogen functional groups attached to an aromatic ring is 1. The van der Waals surface area contributed by atoms with E-state index in [1.54, 1.807) is 6.92 Å². The Bertz CT molecular complexity index is 466. The number of nitrogens with one attached hydrogen (secondary N) is 1. The molecule has 0 radical (unpaired) electrons. The van der Waals surface area contributed by atoms with Gasteiger partial charge in [-0.25, -0.2) is 4.79 Å². The van der Waals surface area contributed by atoms with Gasteiger partial charge in [0.1, 0.15) is 6.54 Å². The fraction of sp³-hybridized carbons (Fsp3) is 0.615. The SMILES string of the molecule is CCOC(=O)c1nn(CC(=O)NC(CC)CC)cc1N. The molecule has 7 heteroatoms. The molecule has 0 saturated carbocycles. The molecule has 0 unspecified atom stereocenters. The maximum atomic E-state index is 11.8. The van der Waals surface area contributed by atoms with Crippen molar-refractivity contribution in [2.24, 2.45) is 0 Å². The summed E-state index contributed by atoms with van der Waals surface area (Å²) in [4.78, 5) is 23.4. The number of esters is 1. The number of hydrogen-bond acceptors (Lipinski definition) is 5. The van der Waals surface area contributed by atoms with E-state index in [1.807, 2.05) is 13.8 Å². The van der Waals surface area contributed by atoms with E-state index >= 15 is 0 Å². The molecule has 1 aromatic heterocycles. The molecule has 0 aliphatic carbocycles. The summed E-state index contributed by atoms with van der Waals surface area (Å²) in [6, 6.07) is 0.153. The predicted molar refractivity (Wildman–Crippen MR) is 75.1 cm³/mol. The van der Waals surface area contributed by atoms with E-state index in [1.165, 1.54) is 10.9 Å². The minimum absolute atomic E-state index is 0.0279. The first-order valence-corrected chi connectivity index (χ1v) is 6.81. The van der Waals surface area contributed by atoms with E-state index < -0.39 is 5.97 Å². The second kappa shape index (κ2) is 7.52. The van der Waals surface area contributed by atoms with Crippen molar-refractivity contribution in [2.45, 2.75) is 46.2 Å². The van der Waals surface area contributed by atoms with Crippen LogP contribution in [-0.2, 0) is 16.1 Å². The van der Waals surface area contributed by atoms with Crippen molar-refractivity contribution in [3.63, 3.8) is 0 Å². The number of carbonyl (C=O) groups is 2. The van der Waals surface area contributed by atoms with Gasteiger partial charge < -0.3 is 15.8 Å². The maximum Gasteiger partial charge on any atom is 0.361 e. The molecule has 1 rings (SSSR count). The second-order valence-electron chi connectivity index (χ2n) is 4.43. The fourth-order valence-electron chi connectivity index (χ4n) is 1.79. The van der Waals surface area contributed by atoms with Crippen molar-refractivity contribution in [1.29, 1.82) is 0 Å². The first-order chi connectivity index (χ1) is 9.51. The number of carbonyl (C=O) groups excluding carboxylic acids is 2. The lowest BCUT2D eigenvalue weighted by atomic mass is 10.2. The van der Waals surface area contributed by atoms with E-state index in [-0.39, 0.29) is 36.5 Å². The van der Waals surface area contributed by atoms with E-state index in [9.17, 15) is 9.59 Å². The van der Waals surface area contributed by atoms with E-state index in [2.05, 4.69) is 10.4 Å². The highest BCUT2D eigenvalue weighted by molar-refractivity contribution is 5.92. The molecule has 0 aromatic carbocycles. The summed E-state index contributed by atoms with van der Waals surface area (Å²) in [5, 5.41) is 6.87. The maximum absolute atomic E-state index is 11.8. The van der Waals surface area contributed by atoms with Gasteiger partial charge in [0, 0.05) is 12.2 Å². The molecule has 3 N–H and O–H groups in total. The van der Waals surface area contributed by atoms with Crippen molar-refractivity contribution < 1.29 is 14.3 Å². The standard InChI is InChI=1S/C13H22N4O3/c1-4-9(5-2)15-11(18)8-17-7-10(14)12(16-17)13(19)20-6-3/h7,9H,4-6,8,14H2,1-3H3,(H,15,18). The molecule has 0 atom stereocenters. The Morgan fingerprint density at radius 2 is 2.05 bits per heavy atom. The highest BCUT2D eigenvalue weighted by Gasteiger charge is 2.17. The van der Waals surface area contributed by atoms with Gasteiger partial charge in [0.05, 0.1) is 12.3 Å². The molecule has 1 amide bonds. The van der Waals surface area contributed by atoms with Crippen molar-refractivity contribution >= 4 is 17.6 Å². The summed E-state index contributed by atoms with van der Waals surface area (Å²) >= 11 is 0. The Balaban J connectivity index is 2.67. The smallest absolute Gasteiger partial charge is 0.361 e. The van der Waals surface area contributed by atoms with Crippen LogP contribution in [0.2, 0.25) is 0 Å². The first-order valence-electron chi connectivity index (χ1n) is 6.81. The molecule has 0 aliphatic rings. The summed E-state index contributed by atoms with van der Waals surface area (Å²) in [5.41, 5.74) is 5.94. The van der Waals surface area contributed by atoms with Gasteiger partial charge in [-0.15, -0.1) is 0 Å². The zero-order valence-corrected chi connectivity index (χ0v) is 12.2. The predicted octanol–water partition coefficient (Wildman–Crippen LogP) is 0.947. The van der Waals surface area contributed by atoms with Gasteiger partial charge in [-0.2, -0.15) is 5.10 Å². The molecule has 112 valence electrons. The summed E-state index contributed by atoms with van der Waals surface area (Å²) in [6.07, 6.45) is 3.20. The highest BCUT2D eigenvalue weighted by Crippen LogP contribution is 2.10. The van der Waals surface area contributed by atoms with Gasteiger partial charge in [0.25, 0.3) is 0 Å². The van der Waals surface area contributed by atoms with Crippen LogP contribution in [0.3, 0.4) is 0 Å². The minimum atomic E-state index is -0.579. The Hall–Kier alpha value is -2.05. The molecule has 1 heterocycles. The number of amides is 1. The van der Waals surface area contributed by atoms with Crippen LogP contribution in [0.25, 0.3) is 0 Å². The number of nitrogens with two attached hydrogens (primary N) is 1. The third kappa shape index (κ3) is 4.25. The van der Waals surface area contributed by atoms with Gasteiger partial charge in [-0.3, -0.25) is 9.48 Å². The molecule has 1 aromatic rings. The van der Waals surface area contributed by atoms with Gasteiger partial charge in [-0.05, 0) is 19.8 Å². The third-order valence-corrected chi connectivity index (χ3v) is 2.92. The Morgan fingerprint density at radius 3 is 2.60 bits per heavy atom. The fourth-order valence-corrected chi connectivity index (χ4v) is 1.79. The topological polar surface area (TPSA) is 99.2 Å². The number of hydrogen-bond donors (Lipinski definition) is 2. The number of aromatic nitrogens is 2. The van der Waals surface area contributed by atoms with Crippen LogP contribution in [0.15, 0.2) is 6.20 Å². The summed E-state index contributed by atoms with van der Waals surface area (Å²) < 4.78 is 6.18. The third-order valence-electron chi connectivity index (χ3n) is 2.92. The zero-order chi connectivity index (χ0) is 15.1. The highest BCUT2D eigenvalue weighted by atomic mass is 16.5. The largest absolute Gasteiger partial charge is 0.461 e. The zero-order valence-electron chi connectivity index (χ0n) is 12.2. The summed E-state index contributed by atoms with van der Waals surface area (Å²) in [6.45, 7) is 6.01. The van der Waals surface area contributed by atoms with Gasteiger partial charge in [-0.1, -0.05) is 13.8 Å². The molecule has 20 heavy (non-hydrogen) atoms. The Labute approximate surface area is 118 Å². The van der Waals surface area contributed by atoms with Crippen molar-refractivity contribution in [1.82, 2.24) is 15.1 Å². The first kappa shape index (κ1) is 16.0. The molecule has 0 aliphatic heterocycles. The van der Waals surface area contributed by atoms with Crippen LogP contribution in [0.1, 0.15) is 44.1 Å². The van der Waals surface area contributed by atoms with Crippen LogP contribution in [0.4, 0.5) is 5.69 Å². The van der Waals surface area contributed by atoms with Crippen LogP contribution in [0.5, 0.6) is 0 Å². The molecular weight excluding hydrogens is 260 g/mol. The van der Waals surface area contributed by atoms with Crippen molar-refractivity contribution in [2.75, 3.05) is 12.3 Å².